The van der Waals surface area contributed by atoms with Crippen molar-refractivity contribution in [2.45, 2.75) is 26.3 Å². The zero-order valence-electron chi connectivity index (χ0n) is 18.6. The Morgan fingerprint density at radius 1 is 1.06 bits per heavy atom. The van der Waals surface area contributed by atoms with Gasteiger partial charge in [-0.05, 0) is 66.9 Å². The van der Waals surface area contributed by atoms with Gasteiger partial charge in [0.05, 0.1) is 23.6 Å². The average molecular weight is 478 g/mol. The molecule has 172 valence electrons. The van der Waals surface area contributed by atoms with Crippen LogP contribution in [-0.2, 0) is 0 Å². The van der Waals surface area contributed by atoms with Crippen molar-refractivity contribution in [1.29, 1.82) is 0 Å². The molecule has 0 bridgehead atoms. The molecule has 1 amide bonds. The Balaban J connectivity index is 1.73. The van der Waals surface area contributed by atoms with Crippen LogP contribution in [0.2, 0.25) is 5.02 Å². The zero-order valence-corrected chi connectivity index (χ0v) is 19.4. The fraction of sp³-hybridized carbons (Fsp3) is 0.185. The number of fused-ring (bicyclic) bond motifs is 2. The van der Waals surface area contributed by atoms with Crippen molar-refractivity contribution in [2.75, 3.05) is 11.5 Å². The van der Waals surface area contributed by atoms with Crippen LogP contribution >= 0.6 is 11.6 Å². The van der Waals surface area contributed by atoms with Crippen molar-refractivity contribution >= 4 is 34.2 Å². The number of aryl methyl sites for hydroxylation is 1. The molecule has 1 aromatic heterocycles. The first-order chi connectivity index (χ1) is 16.4. The maximum atomic E-state index is 13.9. The molecule has 1 aliphatic heterocycles. The van der Waals surface area contributed by atoms with E-state index in [2.05, 4.69) is 0 Å². The number of rotatable bonds is 5. The van der Waals surface area contributed by atoms with Gasteiger partial charge >= 0.3 is 0 Å². The van der Waals surface area contributed by atoms with E-state index in [1.807, 2.05) is 32.0 Å². The van der Waals surface area contributed by atoms with E-state index in [1.54, 1.807) is 24.3 Å². The lowest BCUT2D eigenvalue weighted by Crippen LogP contribution is -2.29. The largest absolute Gasteiger partial charge is 0.494 e. The molecule has 1 aliphatic rings. The molecule has 0 N–H and O–H groups in total. The highest BCUT2D eigenvalue weighted by Gasteiger charge is 2.43. The summed E-state index contributed by atoms with van der Waals surface area (Å²) >= 11 is 6.37. The van der Waals surface area contributed by atoms with Crippen molar-refractivity contribution in [1.82, 2.24) is 0 Å². The predicted octanol–water partition coefficient (Wildman–Crippen LogP) is 6.43. The number of benzene rings is 3. The van der Waals surface area contributed by atoms with E-state index in [0.717, 1.165) is 18.1 Å². The lowest BCUT2D eigenvalue weighted by molar-refractivity contribution is 0.0971. The van der Waals surface area contributed by atoms with Gasteiger partial charge in [-0.2, -0.15) is 0 Å². The lowest BCUT2D eigenvalue weighted by atomic mass is 9.98. The highest BCUT2D eigenvalue weighted by molar-refractivity contribution is 6.31. The van der Waals surface area contributed by atoms with Crippen molar-refractivity contribution in [3.63, 3.8) is 0 Å². The summed E-state index contributed by atoms with van der Waals surface area (Å²) in [5.41, 5.74) is 1.96. The van der Waals surface area contributed by atoms with Gasteiger partial charge < -0.3 is 9.15 Å². The predicted molar refractivity (Wildman–Crippen MR) is 130 cm³/mol. The molecule has 0 saturated heterocycles. The Morgan fingerprint density at radius 2 is 1.82 bits per heavy atom. The number of hydrogen-bond donors (Lipinski definition) is 0. The summed E-state index contributed by atoms with van der Waals surface area (Å²) in [5, 5.41) is 0.582. The van der Waals surface area contributed by atoms with Gasteiger partial charge in [-0.15, -0.1) is 0 Å². The zero-order chi connectivity index (χ0) is 24.0. The Labute approximate surface area is 200 Å². The number of ether oxygens (including phenoxy) is 1. The first-order valence-corrected chi connectivity index (χ1v) is 11.4. The van der Waals surface area contributed by atoms with E-state index in [1.165, 1.54) is 17.0 Å². The maximum Gasteiger partial charge on any atom is 0.295 e. The molecule has 0 aliphatic carbocycles. The van der Waals surface area contributed by atoms with E-state index in [4.69, 9.17) is 20.8 Å². The van der Waals surface area contributed by atoms with Gasteiger partial charge in [-0.25, -0.2) is 4.39 Å². The molecule has 7 heteroatoms. The quantitative estimate of drug-likeness (QED) is 0.332. The van der Waals surface area contributed by atoms with Crippen LogP contribution in [0.4, 0.5) is 10.1 Å². The molecule has 4 aromatic rings. The second kappa shape index (κ2) is 8.61. The molecule has 5 rings (SSSR count). The van der Waals surface area contributed by atoms with E-state index < -0.39 is 23.2 Å². The summed E-state index contributed by atoms with van der Waals surface area (Å²) in [6.45, 7) is 4.47. The summed E-state index contributed by atoms with van der Waals surface area (Å²) < 4.78 is 25.5. The summed E-state index contributed by atoms with van der Waals surface area (Å²) in [5.74, 6) is -0.389. The fourth-order valence-corrected chi connectivity index (χ4v) is 4.40. The molecule has 5 nitrogen and oxygen atoms in total. The van der Waals surface area contributed by atoms with Gasteiger partial charge in [-0.3, -0.25) is 14.5 Å². The first kappa shape index (κ1) is 22.2. The van der Waals surface area contributed by atoms with E-state index >= 15 is 0 Å². The molecule has 1 unspecified atom stereocenters. The Morgan fingerprint density at radius 3 is 2.53 bits per heavy atom. The van der Waals surface area contributed by atoms with Crippen LogP contribution in [0.25, 0.3) is 11.0 Å². The summed E-state index contributed by atoms with van der Waals surface area (Å²) in [4.78, 5) is 28.6. The van der Waals surface area contributed by atoms with Crippen LogP contribution in [0.5, 0.6) is 5.75 Å². The van der Waals surface area contributed by atoms with Crippen LogP contribution in [0.15, 0.2) is 69.9 Å². The van der Waals surface area contributed by atoms with Gasteiger partial charge in [0.25, 0.3) is 5.91 Å². The summed E-state index contributed by atoms with van der Waals surface area (Å²) in [7, 11) is 0. The van der Waals surface area contributed by atoms with Crippen LogP contribution in [0, 0.1) is 12.7 Å². The van der Waals surface area contributed by atoms with Crippen LogP contribution < -0.4 is 15.1 Å². The van der Waals surface area contributed by atoms with Crippen molar-refractivity contribution in [3.8, 4) is 5.75 Å². The molecule has 34 heavy (non-hydrogen) atoms. The maximum absolute atomic E-state index is 13.9. The minimum Gasteiger partial charge on any atom is -0.494 e. The number of nitrogens with zero attached hydrogens (tertiary/aromatic N) is 1. The van der Waals surface area contributed by atoms with Crippen molar-refractivity contribution < 1.29 is 18.3 Å². The van der Waals surface area contributed by atoms with Crippen LogP contribution in [0.1, 0.15) is 46.6 Å². The standard InChI is InChI=1S/C27H21ClFNO4/c1-3-12-33-19-9-5-16(6-10-19)24-23-25(31)20-13-17(29)7-11-22(20)34-26(23)27(32)30(24)18-8-4-15(2)21(28)14-18/h4-11,13-14,24H,3,12H2,1-2H3. The number of halogens is 2. The molecule has 0 spiro atoms. The van der Waals surface area contributed by atoms with Gasteiger partial charge in [-0.1, -0.05) is 36.7 Å². The highest BCUT2D eigenvalue weighted by atomic mass is 35.5. The molecular formula is C27H21ClFNO4. The Kier molecular flexibility index (Phi) is 5.62. The van der Waals surface area contributed by atoms with Crippen molar-refractivity contribution in [3.05, 3.63) is 104 Å². The number of hydrogen-bond acceptors (Lipinski definition) is 4. The monoisotopic (exact) mass is 477 g/mol. The third-order valence-corrected chi connectivity index (χ3v) is 6.34. The highest BCUT2D eigenvalue weighted by Crippen LogP contribution is 2.42. The number of carbonyl (C=O) groups excluding carboxylic acids is 1. The van der Waals surface area contributed by atoms with Crippen molar-refractivity contribution in [2.24, 2.45) is 0 Å². The minimum atomic E-state index is -0.773. The third-order valence-electron chi connectivity index (χ3n) is 5.93. The smallest absolute Gasteiger partial charge is 0.295 e. The number of amides is 1. The first-order valence-electron chi connectivity index (χ1n) is 11.0. The van der Waals surface area contributed by atoms with E-state index in [-0.39, 0.29) is 22.3 Å². The summed E-state index contributed by atoms with van der Waals surface area (Å²) in [6, 6.07) is 15.4. The van der Waals surface area contributed by atoms with E-state index in [0.29, 0.717) is 28.6 Å². The van der Waals surface area contributed by atoms with Gasteiger partial charge in [0.1, 0.15) is 17.1 Å². The Bertz CT molecular complexity index is 1480. The molecule has 0 fully saturated rings. The summed E-state index contributed by atoms with van der Waals surface area (Å²) in [6.07, 6.45) is 0.874. The van der Waals surface area contributed by atoms with E-state index in [9.17, 15) is 14.0 Å². The normalized spacial score (nSPS) is 15.1. The third kappa shape index (κ3) is 3.64. The SMILES string of the molecule is CCCOc1ccc(C2c3c(oc4ccc(F)cc4c3=O)C(=O)N2c2ccc(C)c(Cl)c2)cc1. The molecule has 3 aromatic carbocycles. The molecule has 0 saturated carbocycles. The topological polar surface area (TPSA) is 59.8 Å². The number of anilines is 1. The van der Waals surface area contributed by atoms with Gasteiger partial charge in [0.15, 0.2) is 5.43 Å². The second-order valence-corrected chi connectivity index (χ2v) is 8.65. The van der Waals surface area contributed by atoms with Gasteiger partial charge in [0.2, 0.25) is 5.76 Å². The van der Waals surface area contributed by atoms with Crippen LogP contribution in [0.3, 0.4) is 0 Å². The second-order valence-electron chi connectivity index (χ2n) is 8.24. The minimum absolute atomic E-state index is 0.0582. The fourth-order valence-electron chi connectivity index (χ4n) is 4.22. The molecule has 2 heterocycles. The number of carbonyl (C=O) groups is 1. The van der Waals surface area contributed by atoms with Gasteiger partial charge in [0, 0.05) is 10.7 Å². The molecular weight excluding hydrogens is 457 g/mol. The Hall–Kier alpha value is -3.64. The molecule has 0 radical (unpaired) electrons. The molecule has 1 atom stereocenters. The van der Waals surface area contributed by atoms with Crippen LogP contribution in [-0.4, -0.2) is 12.5 Å². The lowest BCUT2D eigenvalue weighted by Gasteiger charge is -2.25. The average Bonchev–Trinajstić information content (AvgIpc) is 3.13.